The van der Waals surface area contributed by atoms with Crippen LogP contribution >= 0.6 is 11.3 Å². The molecule has 32 heavy (non-hydrogen) atoms. The van der Waals surface area contributed by atoms with Crippen molar-refractivity contribution in [3.63, 3.8) is 0 Å². The Morgan fingerprint density at radius 3 is 2.69 bits per heavy atom. The average Bonchev–Trinajstić information content (AvgIpc) is 3.42. The maximum Gasteiger partial charge on any atom is 0.294 e. The predicted octanol–water partition coefficient (Wildman–Crippen LogP) is 6.52. The number of nitrogens with zero attached hydrogens (tertiary/aromatic N) is 4. The monoisotopic (exact) mass is 446 g/mol. The van der Waals surface area contributed by atoms with Gasteiger partial charge < -0.3 is 4.42 Å². The summed E-state index contributed by atoms with van der Waals surface area (Å²) in [6.45, 7) is 0. The molecule has 1 fully saturated rings. The van der Waals surface area contributed by atoms with Gasteiger partial charge in [0.25, 0.3) is 5.69 Å². The second-order valence-electron chi connectivity index (χ2n) is 7.88. The lowest BCUT2D eigenvalue weighted by Gasteiger charge is -2.16. The molecule has 1 aliphatic rings. The Bertz CT molecular complexity index is 1330. The molecule has 0 unspecified atom stereocenters. The Morgan fingerprint density at radius 2 is 1.88 bits per heavy atom. The van der Waals surface area contributed by atoms with Crippen LogP contribution < -0.4 is 4.80 Å². The van der Waals surface area contributed by atoms with Crippen LogP contribution in [-0.4, -0.2) is 15.8 Å². The molecule has 0 aliphatic heterocycles. The molecule has 0 bridgehead atoms. The van der Waals surface area contributed by atoms with Crippen LogP contribution in [0.1, 0.15) is 32.1 Å². The van der Waals surface area contributed by atoms with Crippen molar-refractivity contribution in [2.45, 2.75) is 32.1 Å². The van der Waals surface area contributed by atoms with Crippen molar-refractivity contribution in [3.8, 4) is 11.5 Å². The summed E-state index contributed by atoms with van der Waals surface area (Å²) in [4.78, 5) is 16.2. The molecule has 2 heterocycles. The van der Waals surface area contributed by atoms with Crippen molar-refractivity contribution in [2.24, 2.45) is 16.0 Å². The van der Waals surface area contributed by atoms with E-state index in [1.54, 1.807) is 22.9 Å². The summed E-state index contributed by atoms with van der Waals surface area (Å²) in [5.74, 6) is 1.12. The third kappa shape index (κ3) is 4.13. The lowest BCUT2D eigenvalue weighted by atomic mass is 9.90. The van der Waals surface area contributed by atoms with Gasteiger partial charge in [0, 0.05) is 23.0 Å². The fourth-order valence-corrected chi connectivity index (χ4v) is 4.86. The molecule has 0 spiro atoms. The van der Waals surface area contributed by atoms with Crippen molar-refractivity contribution >= 4 is 39.9 Å². The highest BCUT2D eigenvalue weighted by atomic mass is 32.1. The molecule has 2 aromatic carbocycles. The van der Waals surface area contributed by atoms with Crippen molar-refractivity contribution in [1.82, 2.24) is 4.68 Å². The fourth-order valence-electron chi connectivity index (χ4n) is 4.03. The molecule has 1 aliphatic carbocycles. The molecule has 5 rings (SSSR count). The zero-order valence-corrected chi connectivity index (χ0v) is 18.2. The van der Waals surface area contributed by atoms with Gasteiger partial charge in [-0.3, -0.25) is 10.1 Å². The van der Waals surface area contributed by atoms with E-state index in [1.807, 2.05) is 41.9 Å². The highest BCUT2D eigenvalue weighted by molar-refractivity contribution is 7.07. The summed E-state index contributed by atoms with van der Waals surface area (Å²) in [5, 5.41) is 19.2. The number of rotatable bonds is 5. The first-order chi connectivity index (χ1) is 15.7. The summed E-state index contributed by atoms with van der Waals surface area (Å²) < 4.78 is 7.82. The van der Waals surface area contributed by atoms with Gasteiger partial charge in [0.05, 0.1) is 4.92 Å². The minimum absolute atomic E-state index is 0.0333. The Hall–Kier alpha value is -3.52. The molecule has 0 saturated heterocycles. The second-order valence-corrected chi connectivity index (χ2v) is 8.72. The number of benzene rings is 2. The van der Waals surface area contributed by atoms with Gasteiger partial charge in [0.2, 0.25) is 4.80 Å². The average molecular weight is 447 g/mol. The lowest BCUT2D eigenvalue weighted by Crippen LogP contribution is -2.14. The molecular formula is C24H22N4O3S. The number of aromatic nitrogens is 1. The van der Waals surface area contributed by atoms with Gasteiger partial charge in [-0.2, -0.15) is 5.10 Å². The van der Waals surface area contributed by atoms with Crippen LogP contribution in [-0.2, 0) is 0 Å². The van der Waals surface area contributed by atoms with Crippen LogP contribution in [0.15, 0.2) is 74.5 Å². The predicted molar refractivity (Wildman–Crippen MR) is 126 cm³/mol. The van der Waals surface area contributed by atoms with E-state index in [-0.39, 0.29) is 5.69 Å². The zero-order chi connectivity index (χ0) is 21.9. The SMILES string of the molecule is O=[N+]([O-])c1ccccc1N=c1scc(-c2cc3ccccc3o2)n1N=CC1CCCCC1. The normalized spacial score (nSPS) is 15.7. The number of fused-ring (bicyclic) bond motifs is 1. The van der Waals surface area contributed by atoms with Crippen molar-refractivity contribution < 1.29 is 9.34 Å². The first-order valence-corrected chi connectivity index (χ1v) is 11.6. The van der Waals surface area contributed by atoms with E-state index in [0.717, 1.165) is 29.5 Å². The van der Waals surface area contributed by atoms with Gasteiger partial charge in [-0.25, -0.2) is 9.67 Å². The van der Waals surface area contributed by atoms with Gasteiger partial charge in [0.1, 0.15) is 17.0 Å². The first kappa shape index (κ1) is 20.4. The second kappa shape index (κ2) is 8.92. The Morgan fingerprint density at radius 1 is 1.09 bits per heavy atom. The molecule has 0 radical (unpaired) electrons. The lowest BCUT2D eigenvalue weighted by molar-refractivity contribution is -0.384. The number of nitro groups is 1. The molecule has 0 atom stereocenters. The number of hydrogen-bond donors (Lipinski definition) is 0. The summed E-state index contributed by atoms with van der Waals surface area (Å²) in [7, 11) is 0. The van der Waals surface area contributed by atoms with E-state index in [2.05, 4.69) is 4.99 Å². The summed E-state index contributed by atoms with van der Waals surface area (Å²) in [5.41, 5.74) is 1.84. The smallest absolute Gasteiger partial charge is 0.294 e. The number of furan rings is 1. The van der Waals surface area contributed by atoms with Crippen LogP contribution in [0.2, 0.25) is 0 Å². The summed E-state index contributed by atoms with van der Waals surface area (Å²) in [6, 6.07) is 16.3. The van der Waals surface area contributed by atoms with E-state index in [4.69, 9.17) is 9.52 Å². The minimum Gasteiger partial charge on any atom is -0.454 e. The third-order valence-corrected chi connectivity index (χ3v) is 6.52. The molecule has 8 heteroatoms. The molecule has 1 saturated carbocycles. The van der Waals surface area contributed by atoms with Gasteiger partial charge in [-0.15, -0.1) is 11.3 Å². The summed E-state index contributed by atoms with van der Waals surface area (Å²) in [6.07, 6.45) is 7.97. The molecule has 4 aromatic rings. The molecule has 162 valence electrons. The number of para-hydroxylation sites is 3. The number of nitro benzene ring substituents is 1. The minimum atomic E-state index is -0.414. The van der Waals surface area contributed by atoms with E-state index in [0.29, 0.717) is 22.2 Å². The molecule has 2 aromatic heterocycles. The van der Waals surface area contributed by atoms with Gasteiger partial charge in [-0.1, -0.05) is 49.6 Å². The van der Waals surface area contributed by atoms with Crippen molar-refractivity contribution in [3.05, 3.63) is 74.9 Å². The van der Waals surface area contributed by atoms with E-state index in [9.17, 15) is 10.1 Å². The Kier molecular flexibility index (Phi) is 5.68. The van der Waals surface area contributed by atoms with Crippen LogP contribution in [0.5, 0.6) is 0 Å². The Balaban J connectivity index is 1.64. The third-order valence-electron chi connectivity index (χ3n) is 5.70. The molecule has 0 N–H and O–H groups in total. The zero-order valence-electron chi connectivity index (χ0n) is 17.4. The quantitative estimate of drug-likeness (QED) is 0.199. The highest BCUT2D eigenvalue weighted by Gasteiger charge is 2.16. The Labute approximate surface area is 188 Å². The maximum atomic E-state index is 11.5. The van der Waals surface area contributed by atoms with Crippen LogP contribution in [0.3, 0.4) is 0 Å². The topological polar surface area (TPSA) is 85.9 Å². The fraction of sp³-hybridized carbons (Fsp3) is 0.250. The largest absolute Gasteiger partial charge is 0.454 e. The van der Waals surface area contributed by atoms with E-state index >= 15 is 0 Å². The van der Waals surface area contributed by atoms with Crippen LogP contribution in [0.25, 0.3) is 22.4 Å². The summed E-state index contributed by atoms with van der Waals surface area (Å²) >= 11 is 1.38. The van der Waals surface area contributed by atoms with Gasteiger partial charge >= 0.3 is 0 Å². The highest BCUT2D eigenvalue weighted by Crippen LogP contribution is 2.30. The molecule has 0 amide bonds. The number of hydrogen-bond acceptors (Lipinski definition) is 6. The van der Waals surface area contributed by atoms with Crippen molar-refractivity contribution in [2.75, 3.05) is 0 Å². The standard InChI is InChI=1S/C24H22N4O3S/c29-28(30)20-12-6-5-11-19(20)26-24-27(25-15-17-8-2-1-3-9-17)21(16-32-24)23-14-18-10-4-7-13-22(18)31-23/h4-7,10-17H,1-3,8-9H2. The molecule has 7 nitrogen and oxygen atoms in total. The number of thiazole rings is 1. The maximum absolute atomic E-state index is 11.5. The first-order valence-electron chi connectivity index (χ1n) is 10.7. The van der Waals surface area contributed by atoms with Gasteiger partial charge in [0.15, 0.2) is 5.76 Å². The van der Waals surface area contributed by atoms with Crippen LogP contribution in [0, 0.1) is 16.0 Å². The van der Waals surface area contributed by atoms with E-state index < -0.39 is 4.92 Å². The van der Waals surface area contributed by atoms with Crippen LogP contribution in [0.4, 0.5) is 11.4 Å². The molecular weight excluding hydrogens is 424 g/mol. The van der Waals surface area contributed by atoms with Crippen molar-refractivity contribution in [1.29, 1.82) is 0 Å². The van der Waals surface area contributed by atoms with Gasteiger partial charge in [-0.05, 0) is 37.0 Å². The van der Waals surface area contributed by atoms with E-state index in [1.165, 1.54) is 36.7 Å².